The summed E-state index contributed by atoms with van der Waals surface area (Å²) in [6, 6.07) is 0. The minimum atomic E-state index is -1.79. The van der Waals surface area contributed by atoms with Crippen LogP contribution in [0.5, 0.6) is 0 Å². The molecule has 168 valence electrons. The van der Waals surface area contributed by atoms with E-state index in [9.17, 15) is 19.5 Å². The van der Waals surface area contributed by atoms with E-state index >= 15 is 0 Å². The van der Waals surface area contributed by atoms with Gasteiger partial charge in [-0.1, -0.05) is 47.8 Å². The van der Waals surface area contributed by atoms with Crippen molar-refractivity contribution in [1.29, 1.82) is 0 Å². The van der Waals surface area contributed by atoms with E-state index in [0.717, 1.165) is 0 Å². The molecule has 0 spiro atoms. The van der Waals surface area contributed by atoms with Crippen LogP contribution in [0.2, 0.25) is 0 Å². The molecular weight excluding hydrogens is 443 g/mol. The minimum absolute atomic E-state index is 0.0652. The number of esters is 2. The summed E-state index contributed by atoms with van der Waals surface area (Å²) in [5.74, 6) is -2.45. The second kappa shape index (κ2) is 11.4. The first-order valence-corrected chi connectivity index (χ1v) is 10.6. The second-order valence-electron chi connectivity index (χ2n) is 8.23. The quantitative estimate of drug-likeness (QED) is 0.252. The molecule has 0 aromatic carbocycles. The number of carbonyl (C=O) groups is 3. The van der Waals surface area contributed by atoms with Gasteiger partial charge in [0, 0.05) is 12.0 Å². The molecule has 0 aromatic rings. The van der Waals surface area contributed by atoms with Crippen LogP contribution in [0.1, 0.15) is 73.6 Å². The van der Waals surface area contributed by atoms with Crippen LogP contribution in [0.4, 0.5) is 0 Å². The summed E-state index contributed by atoms with van der Waals surface area (Å²) in [6.07, 6.45) is 2.61. The van der Waals surface area contributed by atoms with Crippen LogP contribution in [-0.2, 0) is 23.9 Å². The molecule has 1 atom stereocenters. The molecule has 0 aliphatic heterocycles. The Hall–Kier alpha value is -0.980. The lowest BCUT2D eigenvalue weighted by Gasteiger charge is -2.31. The number of rotatable bonds is 10. The molecule has 0 aromatic heterocycles. The summed E-state index contributed by atoms with van der Waals surface area (Å²) in [5, 5.41) is 9.39. The van der Waals surface area contributed by atoms with Crippen LogP contribution in [0.3, 0.4) is 0 Å². The highest BCUT2D eigenvalue weighted by Gasteiger charge is 2.43. The minimum Gasteiger partial charge on any atom is -0.478 e. The SMILES string of the molecule is CCC(CCC(=CCCC(=O)OC(C)(C)C(Cl)(Cl)Cl)C(=O)O)C(=O)OC(C)(C)C. The van der Waals surface area contributed by atoms with Gasteiger partial charge in [0.1, 0.15) is 5.60 Å². The first-order chi connectivity index (χ1) is 13.0. The fourth-order valence-corrected chi connectivity index (χ4v) is 2.37. The lowest BCUT2D eigenvalue weighted by molar-refractivity contribution is -0.160. The van der Waals surface area contributed by atoms with E-state index in [0.29, 0.717) is 12.8 Å². The molecule has 0 bridgehead atoms. The van der Waals surface area contributed by atoms with E-state index in [1.807, 2.05) is 6.92 Å². The van der Waals surface area contributed by atoms with E-state index in [-0.39, 0.29) is 30.8 Å². The fraction of sp³-hybridized carbons (Fsp3) is 0.750. The monoisotopic (exact) mass is 472 g/mol. The molecular formula is C20H31Cl3O6. The summed E-state index contributed by atoms with van der Waals surface area (Å²) >= 11 is 17.3. The average molecular weight is 474 g/mol. The molecule has 1 N–H and O–H groups in total. The third-order valence-electron chi connectivity index (χ3n) is 4.06. The van der Waals surface area contributed by atoms with Crippen molar-refractivity contribution in [2.45, 2.75) is 88.6 Å². The second-order valence-corrected chi connectivity index (χ2v) is 10.5. The Kier molecular flexibility index (Phi) is 11.0. The first-order valence-electron chi connectivity index (χ1n) is 9.44. The van der Waals surface area contributed by atoms with Gasteiger partial charge in [-0.05, 0) is 60.3 Å². The molecule has 0 saturated heterocycles. The van der Waals surface area contributed by atoms with E-state index in [1.165, 1.54) is 19.9 Å². The lowest BCUT2D eigenvalue weighted by atomic mass is 9.96. The van der Waals surface area contributed by atoms with Crippen molar-refractivity contribution in [3.05, 3.63) is 11.6 Å². The molecule has 1 unspecified atom stereocenters. The van der Waals surface area contributed by atoms with Gasteiger partial charge < -0.3 is 14.6 Å². The van der Waals surface area contributed by atoms with Gasteiger partial charge in [-0.15, -0.1) is 0 Å². The molecule has 0 rings (SSSR count). The van der Waals surface area contributed by atoms with Gasteiger partial charge in [0.2, 0.25) is 3.79 Å². The Balaban J connectivity index is 4.82. The summed E-state index contributed by atoms with van der Waals surface area (Å²) in [6.45, 7) is 10.1. The Morgan fingerprint density at radius 2 is 1.55 bits per heavy atom. The maximum absolute atomic E-state index is 12.2. The number of hydrogen-bond acceptors (Lipinski definition) is 5. The van der Waals surface area contributed by atoms with Crippen LogP contribution >= 0.6 is 34.8 Å². The van der Waals surface area contributed by atoms with Crippen LogP contribution in [0.25, 0.3) is 0 Å². The van der Waals surface area contributed by atoms with Gasteiger partial charge in [-0.3, -0.25) is 9.59 Å². The van der Waals surface area contributed by atoms with Crippen LogP contribution in [-0.4, -0.2) is 38.0 Å². The summed E-state index contributed by atoms with van der Waals surface area (Å²) in [4.78, 5) is 35.6. The normalized spacial score (nSPS) is 14.3. The predicted molar refractivity (Wildman–Crippen MR) is 114 cm³/mol. The Morgan fingerprint density at radius 1 is 1.00 bits per heavy atom. The predicted octanol–water partition coefficient (Wildman–Crippen LogP) is 5.62. The van der Waals surface area contributed by atoms with Gasteiger partial charge in [0.25, 0.3) is 0 Å². The molecule has 6 nitrogen and oxygen atoms in total. The highest BCUT2D eigenvalue weighted by atomic mass is 35.6. The number of carbonyl (C=O) groups excluding carboxylic acids is 2. The zero-order chi connectivity index (χ0) is 23.0. The first kappa shape index (κ1) is 28.0. The third-order valence-corrected chi connectivity index (χ3v) is 5.43. The van der Waals surface area contributed by atoms with E-state index in [2.05, 4.69) is 0 Å². The number of carboxylic acid groups (broad SMARTS) is 1. The van der Waals surface area contributed by atoms with Gasteiger partial charge in [-0.2, -0.15) is 0 Å². The highest BCUT2D eigenvalue weighted by Crippen LogP contribution is 2.40. The van der Waals surface area contributed by atoms with Crippen molar-refractivity contribution < 1.29 is 29.0 Å². The third kappa shape index (κ3) is 11.1. The number of carboxylic acids is 1. The van der Waals surface area contributed by atoms with Gasteiger partial charge >= 0.3 is 17.9 Å². The van der Waals surface area contributed by atoms with Crippen molar-refractivity contribution in [2.24, 2.45) is 5.92 Å². The van der Waals surface area contributed by atoms with Crippen molar-refractivity contribution in [3.8, 4) is 0 Å². The largest absolute Gasteiger partial charge is 0.478 e. The molecule has 0 heterocycles. The van der Waals surface area contributed by atoms with Crippen molar-refractivity contribution in [2.75, 3.05) is 0 Å². The fourth-order valence-electron chi connectivity index (χ4n) is 2.26. The number of halogens is 3. The molecule has 0 saturated carbocycles. The van der Waals surface area contributed by atoms with Crippen molar-refractivity contribution >= 4 is 52.7 Å². The summed E-state index contributed by atoms with van der Waals surface area (Å²) in [5.41, 5.74) is -1.80. The number of ether oxygens (including phenoxy) is 2. The Bertz CT molecular complexity index is 615. The zero-order valence-electron chi connectivity index (χ0n) is 17.8. The van der Waals surface area contributed by atoms with Gasteiger partial charge in [0.15, 0.2) is 5.60 Å². The van der Waals surface area contributed by atoms with Crippen LogP contribution in [0, 0.1) is 5.92 Å². The van der Waals surface area contributed by atoms with Crippen LogP contribution < -0.4 is 0 Å². The van der Waals surface area contributed by atoms with Crippen molar-refractivity contribution in [3.63, 3.8) is 0 Å². The Morgan fingerprint density at radius 3 is 1.97 bits per heavy atom. The van der Waals surface area contributed by atoms with Crippen molar-refractivity contribution in [1.82, 2.24) is 0 Å². The number of allylic oxidation sites excluding steroid dienone is 1. The molecule has 0 aliphatic carbocycles. The highest BCUT2D eigenvalue weighted by molar-refractivity contribution is 6.68. The van der Waals surface area contributed by atoms with E-state index in [1.54, 1.807) is 20.8 Å². The number of alkyl halides is 3. The molecule has 0 aliphatic rings. The molecule has 0 amide bonds. The van der Waals surface area contributed by atoms with E-state index < -0.39 is 32.9 Å². The standard InChI is InChI=1S/C20H31Cl3O6/c1-7-13(17(27)29-18(2,3)4)11-12-14(16(25)26)9-8-10-15(24)28-19(5,6)20(21,22)23/h9,13H,7-8,10-12H2,1-6H3,(H,25,26). The maximum atomic E-state index is 12.2. The molecule has 9 heteroatoms. The Labute approximate surface area is 187 Å². The zero-order valence-corrected chi connectivity index (χ0v) is 20.1. The van der Waals surface area contributed by atoms with Gasteiger partial charge in [-0.25, -0.2) is 4.79 Å². The summed E-state index contributed by atoms with van der Waals surface area (Å²) < 4.78 is 8.75. The average Bonchev–Trinajstić information content (AvgIpc) is 2.50. The maximum Gasteiger partial charge on any atom is 0.331 e. The lowest BCUT2D eigenvalue weighted by Crippen LogP contribution is -2.41. The van der Waals surface area contributed by atoms with E-state index in [4.69, 9.17) is 44.3 Å². The number of aliphatic carboxylic acids is 1. The molecule has 29 heavy (non-hydrogen) atoms. The van der Waals surface area contributed by atoms with Crippen LogP contribution in [0.15, 0.2) is 11.6 Å². The van der Waals surface area contributed by atoms with Gasteiger partial charge in [0.05, 0.1) is 5.92 Å². The summed E-state index contributed by atoms with van der Waals surface area (Å²) in [7, 11) is 0. The number of hydrogen-bond donors (Lipinski definition) is 1. The smallest absolute Gasteiger partial charge is 0.331 e. The molecule has 0 radical (unpaired) electrons. The topological polar surface area (TPSA) is 89.9 Å². The molecule has 0 fully saturated rings.